The summed E-state index contributed by atoms with van der Waals surface area (Å²) in [7, 11) is 2.53. The van der Waals surface area contributed by atoms with Crippen LogP contribution in [0.15, 0.2) is 30.3 Å². The van der Waals surface area contributed by atoms with Crippen LogP contribution in [0.1, 0.15) is 5.56 Å². The van der Waals surface area contributed by atoms with Crippen LogP contribution in [0.2, 0.25) is 19.6 Å². The van der Waals surface area contributed by atoms with E-state index in [4.69, 9.17) is 4.84 Å². The number of benzene rings is 1. The van der Waals surface area contributed by atoms with Crippen LogP contribution in [0.25, 0.3) is 0 Å². The molecule has 0 amide bonds. The maximum atomic E-state index is 5.38. The average molecular weight is 237 g/mol. The molecule has 1 rings (SSSR count). The summed E-state index contributed by atoms with van der Waals surface area (Å²) < 4.78 is 0. The Morgan fingerprint density at radius 1 is 1.19 bits per heavy atom. The summed E-state index contributed by atoms with van der Waals surface area (Å²) in [6, 6.07) is 10.6. The van der Waals surface area contributed by atoms with E-state index in [0.29, 0.717) is 5.67 Å². The first-order valence-electron chi connectivity index (χ1n) is 5.76. The third-order valence-electron chi connectivity index (χ3n) is 3.00. The van der Waals surface area contributed by atoms with Gasteiger partial charge in [0.1, 0.15) is 0 Å². The molecule has 2 nitrogen and oxygen atoms in total. The molecule has 3 heteroatoms. The fraction of sp³-hybridized carbons (Fsp3) is 0.538. The monoisotopic (exact) mass is 237 g/mol. The average Bonchev–Trinajstić information content (AvgIpc) is 2.25. The van der Waals surface area contributed by atoms with Crippen molar-refractivity contribution in [2.24, 2.45) is 0 Å². The molecule has 0 bridgehead atoms. The fourth-order valence-electron chi connectivity index (χ4n) is 1.94. The van der Waals surface area contributed by atoms with Crippen molar-refractivity contribution >= 4 is 8.07 Å². The van der Waals surface area contributed by atoms with Crippen molar-refractivity contribution in [1.29, 1.82) is 0 Å². The fourth-order valence-corrected chi connectivity index (χ4v) is 3.99. The van der Waals surface area contributed by atoms with Gasteiger partial charge >= 0.3 is 0 Å². The van der Waals surface area contributed by atoms with Crippen LogP contribution in [0.5, 0.6) is 0 Å². The van der Waals surface area contributed by atoms with Crippen LogP contribution >= 0.6 is 0 Å². The molecule has 0 spiro atoms. The van der Waals surface area contributed by atoms with E-state index in [0.717, 1.165) is 6.42 Å². The van der Waals surface area contributed by atoms with Crippen molar-refractivity contribution < 1.29 is 4.84 Å². The van der Waals surface area contributed by atoms with E-state index in [1.165, 1.54) is 5.56 Å². The van der Waals surface area contributed by atoms with E-state index in [2.05, 4.69) is 50.0 Å². The predicted molar refractivity (Wildman–Crippen MR) is 72.1 cm³/mol. The van der Waals surface area contributed by atoms with Gasteiger partial charge in [-0.25, -0.2) is 0 Å². The zero-order valence-electron chi connectivity index (χ0n) is 11.0. The second-order valence-electron chi connectivity index (χ2n) is 5.30. The van der Waals surface area contributed by atoms with Crippen molar-refractivity contribution in [1.82, 2.24) is 5.06 Å². The van der Waals surface area contributed by atoms with Gasteiger partial charge in [0, 0.05) is 12.7 Å². The Balaban J connectivity index is 2.80. The second kappa shape index (κ2) is 5.62. The molecule has 0 aliphatic heterocycles. The Morgan fingerprint density at radius 3 is 2.19 bits per heavy atom. The third-order valence-corrected chi connectivity index (χ3v) is 5.57. The lowest BCUT2D eigenvalue weighted by Crippen LogP contribution is -2.50. The van der Waals surface area contributed by atoms with Crippen LogP contribution in [-0.2, 0) is 11.3 Å². The number of nitrogens with zero attached hydrogens (tertiary/aromatic N) is 1. The van der Waals surface area contributed by atoms with E-state index < -0.39 is 8.07 Å². The van der Waals surface area contributed by atoms with Gasteiger partial charge in [-0.1, -0.05) is 50.0 Å². The molecule has 0 saturated heterocycles. The Bertz CT molecular complexity index is 307. The largest absolute Gasteiger partial charge is 0.303 e. The standard InChI is InChI=1S/C13H23NOSi/c1-14(15-2)13(16(3,4)5)11-12-9-7-6-8-10-12/h6-10,13H,11H2,1-5H3. The molecule has 1 aromatic carbocycles. The van der Waals surface area contributed by atoms with Gasteiger partial charge in [0.2, 0.25) is 0 Å². The van der Waals surface area contributed by atoms with Gasteiger partial charge in [-0.15, -0.1) is 0 Å². The topological polar surface area (TPSA) is 12.5 Å². The number of hydrogen-bond acceptors (Lipinski definition) is 2. The molecule has 0 radical (unpaired) electrons. The van der Waals surface area contributed by atoms with E-state index in [-0.39, 0.29) is 0 Å². The lowest BCUT2D eigenvalue weighted by Gasteiger charge is -2.35. The molecule has 0 saturated carbocycles. The first-order valence-corrected chi connectivity index (χ1v) is 9.33. The highest BCUT2D eigenvalue weighted by molar-refractivity contribution is 6.77. The van der Waals surface area contributed by atoms with Crippen molar-refractivity contribution in [2.75, 3.05) is 14.2 Å². The zero-order valence-corrected chi connectivity index (χ0v) is 12.0. The van der Waals surface area contributed by atoms with Crippen molar-refractivity contribution in [3.05, 3.63) is 35.9 Å². The van der Waals surface area contributed by atoms with Crippen molar-refractivity contribution in [3.8, 4) is 0 Å². The number of likely N-dealkylation sites (N-methyl/N-ethyl adjacent to an activating group) is 1. The number of hydrogen-bond donors (Lipinski definition) is 0. The second-order valence-corrected chi connectivity index (χ2v) is 10.7. The Labute approximate surface area is 100 Å². The molecule has 0 aliphatic rings. The molecule has 90 valence electrons. The summed E-state index contributed by atoms with van der Waals surface area (Å²) in [6.45, 7) is 7.16. The van der Waals surface area contributed by atoms with Gasteiger partial charge in [0.05, 0.1) is 15.2 Å². The highest BCUT2D eigenvalue weighted by atomic mass is 28.3. The molecule has 1 unspecified atom stereocenters. The van der Waals surface area contributed by atoms with E-state index in [9.17, 15) is 0 Å². The van der Waals surface area contributed by atoms with Crippen LogP contribution in [-0.4, -0.2) is 33.0 Å². The third kappa shape index (κ3) is 3.74. The molecule has 1 atom stereocenters. The lowest BCUT2D eigenvalue weighted by molar-refractivity contribution is -0.122. The van der Waals surface area contributed by atoms with E-state index in [1.807, 2.05) is 12.1 Å². The molecule has 0 N–H and O–H groups in total. The first kappa shape index (κ1) is 13.4. The van der Waals surface area contributed by atoms with Crippen LogP contribution in [0, 0.1) is 0 Å². The maximum Gasteiger partial charge on any atom is 0.0673 e. The highest BCUT2D eigenvalue weighted by Gasteiger charge is 2.30. The quantitative estimate of drug-likeness (QED) is 0.577. The normalized spacial score (nSPS) is 14.1. The molecular formula is C13H23NOSi. The summed E-state index contributed by atoms with van der Waals surface area (Å²) >= 11 is 0. The van der Waals surface area contributed by atoms with Crippen molar-refractivity contribution in [2.45, 2.75) is 31.7 Å². The van der Waals surface area contributed by atoms with Gasteiger partial charge in [-0.2, -0.15) is 5.06 Å². The molecular weight excluding hydrogens is 214 g/mol. The first-order chi connectivity index (χ1) is 7.45. The summed E-state index contributed by atoms with van der Waals surface area (Å²) in [6.07, 6.45) is 1.07. The molecule has 0 aromatic heterocycles. The van der Waals surface area contributed by atoms with Gasteiger partial charge < -0.3 is 4.84 Å². The summed E-state index contributed by atoms with van der Waals surface area (Å²) in [5.74, 6) is 0. The predicted octanol–water partition coefficient (Wildman–Crippen LogP) is 2.97. The van der Waals surface area contributed by atoms with Crippen LogP contribution in [0.3, 0.4) is 0 Å². The smallest absolute Gasteiger partial charge is 0.0673 e. The minimum absolute atomic E-state index is 0.514. The highest BCUT2D eigenvalue weighted by Crippen LogP contribution is 2.18. The summed E-state index contributed by atoms with van der Waals surface area (Å²) in [5.41, 5.74) is 1.90. The SMILES string of the molecule is CON(C)C(Cc1ccccc1)[Si](C)(C)C. The Hall–Kier alpha value is -0.643. The number of rotatable bonds is 5. The van der Waals surface area contributed by atoms with Crippen LogP contribution < -0.4 is 0 Å². The minimum Gasteiger partial charge on any atom is -0.303 e. The van der Waals surface area contributed by atoms with Crippen molar-refractivity contribution in [3.63, 3.8) is 0 Å². The minimum atomic E-state index is -1.25. The zero-order chi connectivity index (χ0) is 12.2. The number of hydroxylamine groups is 2. The molecule has 0 heterocycles. The van der Waals surface area contributed by atoms with Gasteiger partial charge in [0.25, 0.3) is 0 Å². The summed E-state index contributed by atoms with van der Waals surface area (Å²) in [5, 5.41) is 2.01. The molecule has 1 aromatic rings. The molecule has 16 heavy (non-hydrogen) atoms. The maximum absolute atomic E-state index is 5.38. The summed E-state index contributed by atoms with van der Waals surface area (Å²) in [4.78, 5) is 5.38. The van der Waals surface area contributed by atoms with E-state index in [1.54, 1.807) is 7.11 Å². The van der Waals surface area contributed by atoms with Gasteiger partial charge in [0.15, 0.2) is 0 Å². The van der Waals surface area contributed by atoms with E-state index >= 15 is 0 Å². The molecule has 0 aliphatic carbocycles. The molecule has 0 fully saturated rings. The van der Waals surface area contributed by atoms with Gasteiger partial charge in [-0.05, 0) is 12.0 Å². The Morgan fingerprint density at radius 2 is 1.75 bits per heavy atom. The lowest BCUT2D eigenvalue weighted by atomic mass is 10.1. The Kier molecular flexibility index (Phi) is 4.71. The van der Waals surface area contributed by atoms with Gasteiger partial charge in [-0.3, -0.25) is 0 Å². The van der Waals surface area contributed by atoms with Crippen LogP contribution in [0.4, 0.5) is 0 Å².